The zero-order valence-electron chi connectivity index (χ0n) is 11.1. The maximum atomic E-state index is 12.9. The first-order valence-electron chi connectivity index (χ1n) is 5.54. The first-order valence-corrected chi connectivity index (χ1v) is 5.54. The van der Waals surface area contributed by atoms with Gasteiger partial charge in [0, 0.05) is 5.69 Å². The van der Waals surface area contributed by atoms with E-state index in [1.165, 1.54) is 18.2 Å². The normalized spacial score (nSPS) is 12.6. The number of halogens is 2. The molecule has 0 saturated carbocycles. The predicted octanol–water partition coefficient (Wildman–Crippen LogP) is 2.87. The van der Waals surface area contributed by atoms with Crippen molar-refractivity contribution < 1.29 is 9.18 Å². The van der Waals surface area contributed by atoms with E-state index in [4.69, 9.17) is 5.73 Å². The number of hydrogen-bond acceptors (Lipinski definition) is 2. The van der Waals surface area contributed by atoms with E-state index in [-0.39, 0.29) is 29.5 Å². The highest BCUT2D eigenvalue weighted by Crippen LogP contribution is 2.20. The minimum atomic E-state index is -0.605. The molecular formula is C13H20ClFN2O. The van der Waals surface area contributed by atoms with Crippen LogP contribution in [0, 0.1) is 18.2 Å². The highest BCUT2D eigenvalue weighted by molar-refractivity contribution is 5.95. The minimum Gasteiger partial charge on any atom is -0.324 e. The Morgan fingerprint density at radius 2 is 1.94 bits per heavy atom. The number of carbonyl (C=O) groups excluding carboxylic acids is 1. The summed E-state index contributed by atoms with van der Waals surface area (Å²) in [5.41, 5.74) is 6.80. The van der Waals surface area contributed by atoms with Gasteiger partial charge in [-0.3, -0.25) is 4.79 Å². The molecule has 1 aromatic rings. The molecule has 0 aliphatic heterocycles. The topological polar surface area (TPSA) is 55.1 Å². The number of amides is 1. The van der Waals surface area contributed by atoms with E-state index in [2.05, 4.69) is 5.32 Å². The fraction of sp³-hybridized carbons (Fsp3) is 0.462. The molecule has 0 unspecified atom stereocenters. The zero-order valence-corrected chi connectivity index (χ0v) is 11.9. The number of rotatable bonds is 2. The van der Waals surface area contributed by atoms with Gasteiger partial charge in [-0.05, 0) is 36.1 Å². The molecule has 1 aromatic carbocycles. The molecule has 0 bridgehead atoms. The van der Waals surface area contributed by atoms with Crippen molar-refractivity contribution >= 4 is 24.0 Å². The van der Waals surface area contributed by atoms with Gasteiger partial charge in [0.15, 0.2) is 0 Å². The van der Waals surface area contributed by atoms with Crippen molar-refractivity contribution in [2.45, 2.75) is 33.7 Å². The monoisotopic (exact) mass is 274 g/mol. The van der Waals surface area contributed by atoms with E-state index < -0.39 is 6.04 Å². The van der Waals surface area contributed by atoms with E-state index in [9.17, 15) is 9.18 Å². The van der Waals surface area contributed by atoms with Gasteiger partial charge >= 0.3 is 0 Å². The lowest BCUT2D eigenvalue weighted by molar-refractivity contribution is -0.119. The Kier molecular flexibility index (Phi) is 5.77. The number of nitrogens with two attached hydrogens (primary N) is 1. The molecule has 18 heavy (non-hydrogen) atoms. The van der Waals surface area contributed by atoms with Crippen molar-refractivity contribution in [2.75, 3.05) is 5.32 Å². The summed E-state index contributed by atoms with van der Waals surface area (Å²) in [5, 5.41) is 2.71. The van der Waals surface area contributed by atoms with Gasteiger partial charge in [0.2, 0.25) is 5.91 Å². The minimum absolute atomic E-state index is 0. The van der Waals surface area contributed by atoms with E-state index in [0.717, 1.165) is 0 Å². The molecule has 0 aliphatic rings. The molecule has 1 amide bonds. The van der Waals surface area contributed by atoms with Crippen molar-refractivity contribution in [3.05, 3.63) is 29.6 Å². The van der Waals surface area contributed by atoms with Crippen molar-refractivity contribution in [3.8, 4) is 0 Å². The van der Waals surface area contributed by atoms with Crippen LogP contribution >= 0.6 is 12.4 Å². The summed E-state index contributed by atoms with van der Waals surface area (Å²) in [6, 6.07) is 3.62. The first kappa shape index (κ1) is 16.9. The number of anilines is 1. The Bertz CT molecular complexity index is 429. The van der Waals surface area contributed by atoms with Crippen molar-refractivity contribution in [3.63, 3.8) is 0 Å². The second kappa shape index (κ2) is 6.16. The smallest absolute Gasteiger partial charge is 0.241 e. The van der Waals surface area contributed by atoms with Gasteiger partial charge in [0.05, 0.1) is 6.04 Å². The van der Waals surface area contributed by atoms with E-state index in [1.54, 1.807) is 6.92 Å². The molecule has 0 aliphatic carbocycles. The van der Waals surface area contributed by atoms with Crippen LogP contribution < -0.4 is 11.1 Å². The first-order chi connectivity index (χ1) is 7.71. The number of benzene rings is 1. The molecule has 3 nitrogen and oxygen atoms in total. The number of aryl methyl sites for hydroxylation is 1. The summed E-state index contributed by atoms with van der Waals surface area (Å²) in [5.74, 6) is -0.576. The summed E-state index contributed by atoms with van der Waals surface area (Å²) in [6.45, 7) is 7.43. The molecule has 0 saturated heterocycles. The standard InChI is InChI=1S/C13H19FN2O.ClH/c1-8-7-9(14)5-6-10(8)16-12(17)11(15)13(2,3)4;/h5-7,11H,15H2,1-4H3,(H,16,17);1H/t11-;/m1./s1. The third kappa shape index (κ3) is 4.27. The van der Waals surface area contributed by atoms with Crippen LogP contribution in [0.3, 0.4) is 0 Å². The van der Waals surface area contributed by atoms with Gasteiger partial charge in [-0.1, -0.05) is 20.8 Å². The Balaban J connectivity index is 0.00000289. The lowest BCUT2D eigenvalue weighted by Crippen LogP contribution is -2.45. The molecule has 102 valence electrons. The van der Waals surface area contributed by atoms with Crippen LogP contribution in [0.25, 0.3) is 0 Å². The molecule has 1 rings (SSSR count). The lowest BCUT2D eigenvalue weighted by atomic mass is 9.87. The molecule has 0 aromatic heterocycles. The molecular weight excluding hydrogens is 255 g/mol. The lowest BCUT2D eigenvalue weighted by Gasteiger charge is -2.26. The van der Waals surface area contributed by atoms with Gasteiger partial charge < -0.3 is 11.1 Å². The van der Waals surface area contributed by atoms with Gasteiger partial charge in [0.25, 0.3) is 0 Å². The third-order valence-corrected chi connectivity index (χ3v) is 2.66. The SMILES string of the molecule is Cc1cc(F)ccc1NC(=O)[C@@H](N)C(C)(C)C.Cl. The largest absolute Gasteiger partial charge is 0.324 e. The number of nitrogens with one attached hydrogen (secondary N) is 1. The van der Waals surface area contributed by atoms with Crippen molar-refractivity contribution in [2.24, 2.45) is 11.1 Å². The van der Waals surface area contributed by atoms with Gasteiger partial charge in [-0.25, -0.2) is 4.39 Å². The second-order valence-electron chi connectivity index (χ2n) is 5.29. The number of carbonyl (C=O) groups is 1. The summed E-state index contributed by atoms with van der Waals surface area (Å²) in [6.07, 6.45) is 0. The molecule has 5 heteroatoms. The van der Waals surface area contributed by atoms with E-state index >= 15 is 0 Å². The highest BCUT2D eigenvalue weighted by Gasteiger charge is 2.27. The molecule has 1 atom stereocenters. The van der Waals surface area contributed by atoms with Crippen LogP contribution in [0.2, 0.25) is 0 Å². The highest BCUT2D eigenvalue weighted by atomic mass is 35.5. The predicted molar refractivity (Wildman–Crippen MR) is 74.4 cm³/mol. The summed E-state index contributed by atoms with van der Waals surface area (Å²) >= 11 is 0. The van der Waals surface area contributed by atoms with E-state index in [1.807, 2.05) is 20.8 Å². The van der Waals surface area contributed by atoms with Crippen LogP contribution in [0.5, 0.6) is 0 Å². The average Bonchev–Trinajstić information content (AvgIpc) is 2.19. The maximum Gasteiger partial charge on any atom is 0.241 e. The molecule has 3 N–H and O–H groups in total. The van der Waals surface area contributed by atoms with Crippen LogP contribution in [-0.2, 0) is 4.79 Å². The average molecular weight is 275 g/mol. The summed E-state index contributed by atoms with van der Waals surface area (Å²) in [4.78, 5) is 11.9. The van der Waals surface area contributed by atoms with Crippen LogP contribution in [-0.4, -0.2) is 11.9 Å². The van der Waals surface area contributed by atoms with Crippen LogP contribution in [0.1, 0.15) is 26.3 Å². The zero-order chi connectivity index (χ0) is 13.2. The van der Waals surface area contributed by atoms with Crippen molar-refractivity contribution in [1.82, 2.24) is 0 Å². The van der Waals surface area contributed by atoms with Crippen LogP contribution in [0.15, 0.2) is 18.2 Å². The Labute approximate surface area is 113 Å². The quantitative estimate of drug-likeness (QED) is 0.871. The van der Waals surface area contributed by atoms with Gasteiger partial charge in [-0.15, -0.1) is 12.4 Å². The fourth-order valence-electron chi connectivity index (χ4n) is 1.37. The van der Waals surface area contributed by atoms with Gasteiger partial charge in [-0.2, -0.15) is 0 Å². The number of hydrogen-bond donors (Lipinski definition) is 2. The Hall–Kier alpha value is -1.13. The second-order valence-corrected chi connectivity index (χ2v) is 5.29. The Morgan fingerprint density at radius 1 is 1.39 bits per heavy atom. The summed E-state index contributed by atoms with van der Waals surface area (Å²) < 4.78 is 12.9. The molecule has 0 radical (unpaired) electrons. The van der Waals surface area contributed by atoms with Gasteiger partial charge in [0.1, 0.15) is 5.82 Å². The Morgan fingerprint density at radius 3 is 2.39 bits per heavy atom. The van der Waals surface area contributed by atoms with Crippen molar-refractivity contribution in [1.29, 1.82) is 0 Å². The molecule has 0 fully saturated rings. The molecule has 0 heterocycles. The maximum absolute atomic E-state index is 12.9. The third-order valence-electron chi connectivity index (χ3n) is 2.66. The summed E-state index contributed by atoms with van der Waals surface area (Å²) in [7, 11) is 0. The molecule has 0 spiro atoms. The van der Waals surface area contributed by atoms with Crippen LogP contribution in [0.4, 0.5) is 10.1 Å². The van der Waals surface area contributed by atoms with E-state index in [0.29, 0.717) is 11.3 Å². The fourth-order valence-corrected chi connectivity index (χ4v) is 1.37.